The zero-order valence-electron chi connectivity index (χ0n) is 67.1. The summed E-state index contributed by atoms with van der Waals surface area (Å²) in [6.07, 6.45) is 62.3. The highest BCUT2D eigenvalue weighted by Gasteiger charge is 2.30. The van der Waals surface area contributed by atoms with Crippen molar-refractivity contribution in [2.75, 3.05) is 39.6 Å². The van der Waals surface area contributed by atoms with Crippen molar-refractivity contribution in [1.29, 1.82) is 0 Å². The molecule has 0 heterocycles. The molecule has 3 unspecified atom stereocenters. The van der Waals surface area contributed by atoms with E-state index in [1.165, 1.54) is 244 Å². The molecule has 3 N–H and O–H groups in total. The van der Waals surface area contributed by atoms with Crippen molar-refractivity contribution in [3.8, 4) is 0 Å². The largest absolute Gasteiger partial charge is 0.472 e. The van der Waals surface area contributed by atoms with Crippen molar-refractivity contribution in [2.24, 2.45) is 17.8 Å². The normalized spacial score (nSPS) is 14.2. The van der Waals surface area contributed by atoms with Gasteiger partial charge in [0.05, 0.1) is 26.4 Å². The Labute approximate surface area is 626 Å². The molecule has 0 saturated heterocycles. The van der Waals surface area contributed by atoms with E-state index in [-0.39, 0.29) is 25.7 Å². The maximum Gasteiger partial charge on any atom is 0.472 e. The lowest BCUT2D eigenvalue weighted by atomic mass is 9.99. The van der Waals surface area contributed by atoms with E-state index in [1.807, 2.05) is 0 Å². The fourth-order valence-electron chi connectivity index (χ4n) is 12.8. The lowest BCUT2D eigenvalue weighted by Crippen LogP contribution is -2.30. The number of aliphatic hydroxyl groups excluding tert-OH is 1. The maximum absolute atomic E-state index is 13.1. The van der Waals surface area contributed by atoms with Crippen molar-refractivity contribution >= 4 is 39.5 Å². The van der Waals surface area contributed by atoms with Crippen LogP contribution >= 0.6 is 15.6 Å². The molecule has 0 aliphatic rings. The molecular weight excluding hydrogens is 1330 g/mol. The van der Waals surface area contributed by atoms with Crippen LogP contribution in [0, 0.1) is 17.8 Å². The Kier molecular flexibility index (Phi) is 71.8. The van der Waals surface area contributed by atoms with E-state index in [0.29, 0.717) is 25.7 Å². The Morgan fingerprint density at radius 3 is 0.745 bits per heavy atom. The number of esters is 4. The van der Waals surface area contributed by atoms with E-state index < -0.39 is 97.5 Å². The summed E-state index contributed by atoms with van der Waals surface area (Å²) in [4.78, 5) is 73.1. The van der Waals surface area contributed by atoms with Gasteiger partial charge >= 0.3 is 39.5 Å². The van der Waals surface area contributed by atoms with Gasteiger partial charge in [-0.05, 0) is 43.4 Å². The number of aliphatic hydroxyl groups is 1. The molecule has 0 aromatic carbocycles. The molecule has 0 saturated carbocycles. The summed E-state index contributed by atoms with van der Waals surface area (Å²) in [5, 5.41) is 10.7. The Balaban J connectivity index is 5.24. The minimum absolute atomic E-state index is 0.106. The van der Waals surface area contributed by atoms with Crippen LogP contribution in [0.2, 0.25) is 0 Å². The Bertz CT molecular complexity index is 1980. The number of ether oxygens (including phenoxy) is 4. The molecule has 19 heteroatoms. The third-order valence-electron chi connectivity index (χ3n) is 19.7. The monoisotopic (exact) mass is 1490 g/mol. The Morgan fingerprint density at radius 1 is 0.284 bits per heavy atom. The van der Waals surface area contributed by atoms with Gasteiger partial charge < -0.3 is 33.8 Å². The average molecular weight is 1490 g/mol. The van der Waals surface area contributed by atoms with Gasteiger partial charge in [-0.2, -0.15) is 0 Å². The van der Waals surface area contributed by atoms with E-state index in [1.54, 1.807) is 0 Å². The molecule has 17 nitrogen and oxygen atoms in total. The van der Waals surface area contributed by atoms with Crippen molar-refractivity contribution in [3.63, 3.8) is 0 Å². The van der Waals surface area contributed by atoms with E-state index in [4.69, 9.17) is 37.0 Å². The summed E-state index contributed by atoms with van der Waals surface area (Å²) in [5.41, 5.74) is 0. The lowest BCUT2D eigenvalue weighted by molar-refractivity contribution is -0.161. The molecule has 0 aromatic heterocycles. The molecule has 606 valence electrons. The molecule has 0 aliphatic heterocycles. The third kappa shape index (κ3) is 74.9. The second-order valence-corrected chi connectivity index (χ2v) is 34.0. The minimum atomic E-state index is -4.96. The van der Waals surface area contributed by atoms with E-state index >= 15 is 0 Å². The molecule has 0 amide bonds. The number of phosphoric acid groups is 2. The van der Waals surface area contributed by atoms with Gasteiger partial charge in [-0.1, -0.05) is 382 Å². The van der Waals surface area contributed by atoms with Crippen LogP contribution in [0.3, 0.4) is 0 Å². The highest BCUT2D eigenvalue weighted by atomic mass is 31.2. The maximum atomic E-state index is 13.1. The average Bonchev–Trinajstić information content (AvgIpc) is 0.916. The van der Waals surface area contributed by atoms with Crippen molar-refractivity contribution in [3.05, 3.63) is 0 Å². The van der Waals surface area contributed by atoms with Crippen LogP contribution in [0.15, 0.2) is 0 Å². The van der Waals surface area contributed by atoms with Crippen LogP contribution < -0.4 is 0 Å². The number of phosphoric ester groups is 2. The Hall–Kier alpha value is -1.94. The van der Waals surface area contributed by atoms with Gasteiger partial charge in [0.25, 0.3) is 0 Å². The number of hydrogen-bond acceptors (Lipinski definition) is 15. The molecule has 6 atom stereocenters. The van der Waals surface area contributed by atoms with Crippen LogP contribution in [0.25, 0.3) is 0 Å². The molecule has 0 rings (SSSR count). The first kappa shape index (κ1) is 100. The fraction of sp³-hybridized carbons (Fsp3) is 0.952. The minimum Gasteiger partial charge on any atom is -0.462 e. The van der Waals surface area contributed by atoms with Crippen LogP contribution in [0.5, 0.6) is 0 Å². The summed E-state index contributed by atoms with van der Waals surface area (Å²) in [5.74, 6) is 0.317. The van der Waals surface area contributed by atoms with E-state index in [9.17, 15) is 43.2 Å². The summed E-state index contributed by atoms with van der Waals surface area (Å²) < 4.78 is 68.8. The number of carbonyl (C=O) groups excluding carboxylic acids is 4. The van der Waals surface area contributed by atoms with Crippen molar-refractivity contribution in [1.82, 2.24) is 0 Å². The van der Waals surface area contributed by atoms with E-state index in [0.717, 1.165) is 108 Å². The first-order valence-electron chi connectivity index (χ1n) is 42.9. The summed E-state index contributed by atoms with van der Waals surface area (Å²) in [7, 11) is -9.92. The van der Waals surface area contributed by atoms with Crippen LogP contribution in [-0.4, -0.2) is 96.7 Å². The van der Waals surface area contributed by atoms with E-state index in [2.05, 4.69) is 48.5 Å². The SMILES string of the molecule is CCCCCCCCCCCCC(=O)OC[C@H](COP(=O)(O)OC[C@H](O)COP(=O)(O)OC[C@@H](COC(=O)CCCCCCCCCCCCCCCCCCC(C)C)OC(=O)CCCCCCCCCCCCCCCCCCC(C)C)OC(=O)CCCCCCCCCCCCC(C)CC. The second kappa shape index (κ2) is 73.2. The van der Waals surface area contributed by atoms with Crippen LogP contribution in [0.1, 0.15) is 434 Å². The molecule has 102 heavy (non-hydrogen) atoms. The topological polar surface area (TPSA) is 237 Å². The number of carbonyl (C=O) groups is 4. The number of unbranched alkanes of at least 4 members (excludes halogenated alkanes) is 48. The zero-order chi connectivity index (χ0) is 75.1. The van der Waals surface area contributed by atoms with Gasteiger partial charge in [0.2, 0.25) is 0 Å². The molecule has 0 fully saturated rings. The first-order chi connectivity index (χ1) is 49.3. The number of hydrogen-bond donors (Lipinski definition) is 3. The molecule has 0 aromatic rings. The molecular formula is C83H162O17P2. The Morgan fingerprint density at radius 2 is 0.500 bits per heavy atom. The summed E-state index contributed by atoms with van der Waals surface area (Å²) >= 11 is 0. The van der Waals surface area contributed by atoms with Gasteiger partial charge in [0, 0.05) is 25.7 Å². The molecule has 0 spiro atoms. The van der Waals surface area contributed by atoms with Crippen molar-refractivity contribution < 1.29 is 80.2 Å². The van der Waals surface area contributed by atoms with Crippen LogP contribution in [-0.2, 0) is 65.4 Å². The fourth-order valence-corrected chi connectivity index (χ4v) is 14.4. The summed E-state index contributed by atoms with van der Waals surface area (Å²) in [6, 6.07) is 0. The molecule has 0 bridgehead atoms. The number of rotatable bonds is 81. The quantitative estimate of drug-likeness (QED) is 0.0222. The highest BCUT2D eigenvalue weighted by molar-refractivity contribution is 7.47. The third-order valence-corrected chi connectivity index (χ3v) is 21.6. The van der Waals surface area contributed by atoms with Gasteiger partial charge in [0.15, 0.2) is 12.2 Å². The molecule has 0 aliphatic carbocycles. The summed E-state index contributed by atoms with van der Waals surface area (Å²) in [6.45, 7) is 12.0. The second-order valence-electron chi connectivity index (χ2n) is 31.1. The highest BCUT2D eigenvalue weighted by Crippen LogP contribution is 2.45. The smallest absolute Gasteiger partial charge is 0.462 e. The van der Waals surface area contributed by atoms with Crippen LogP contribution in [0.4, 0.5) is 0 Å². The predicted molar refractivity (Wildman–Crippen MR) is 418 cm³/mol. The predicted octanol–water partition coefficient (Wildman–Crippen LogP) is 24.9. The zero-order valence-corrected chi connectivity index (χ0v) is 68.9. The van der Waals surface area contributed by atoms with Gasteiger partial charge in [0.1, 0.15) is 19.3 Å². The van der Waals surface area contributed by atoms with Gasteiger partial charge in [-0.3, -0.25) is 37.3 Å². The standard InChI is InChI=1S/C83H162O17P2/c1-8-10-11-12-13-14-36-43-50-57-64-80(85)93-70-78(100-83(88)67-60-53-46-39-32-31-35-42-49-56-63-76(7)9-2)72-97-101(89,90)95-68-77(84)69-96-102(91,92)98-73-79(99-82(87)66-59-52-45-38-30-26-22-18-16-20-24-28-34-41-48-55-62-75(5)6)71-94-81(86)65-58-51-44-37-29-25-21-17-15-19-23-27-33-40-47-54-61-74(3)4/h74-79,84H,8-73H2,1-7H3,(H,89,90)(H,91,92)/t76?,77-,78+,79+/m0/s1. The van der Waals surface area contributed by atoms with Gasteiger partial charge in [-0.15, -0.1) is 0 Å². The molecule has 0 radical (unpaired) electrons. The van der Waals surface area contributed by atoms with Crippen molar-refractivity contribution in [2.45, 2.75) is 452 Å². The van der Waals surface area contributed by atoms with Gasteiger partial charge in [-0.25, -0.2) is 9.13 Å². The lowest BCUT2D eigenvalue weighted by Gasteiger charge is -2.21. The first-order valence-corrected chi connectivity index (χ1v) is 45.9.